The van der Waals surface area contributed by atoms with Crippen molar-refractivity contribution in [2.24, 2.45) is 17.8 Å². The molecule has 154 valence electrons. The highest BCUT2D eigenvalue weighted by Gasteiger charge is 2.74. The second kappa shape index (κ2) is 6.25. The molecule has 0 N–H and O–H groups in total. The molecule has 6 rings (SSSR count). The molecular formula is C21H28O6S. The summed E-state index contributed by atoms with van der Waals surface area (Å²) in [5.41, 5.74) is -0.236. The molecule has 4 saturated heterocycles. The molecule has 1 spiro atoms. The minimum atomic E-state index is -0.784. The SMILES string of the molecule is Cc1csc(C(=O)OCC2(C)O[C@@H]3O[C@@]4(C)CC[C@H]5[C@H](C)CC[C@@H]2[C@@]35OO4)c1. The summed E-state index contributed by atoms with van der Waals surface area (Å²) >= 11 is 1.41. The van der Waals surface area contributed by atoms with Crippen LogP contribution in [-0.2, 0) is 24.0 Å². The Labute approximate surface area is 169 Å². The standard InChI is InChI=1S/C21H28O6S/c1-12-9-15(28-10-12)17(22)23-11-19(3)16-6-5-13(2)14-7-8-20(4)25-18(24-19)21(14,16)27-26-20/h9-10,13-14,16,18H,5-8,11H2,1-4H3/t13-,14+,16+,18-,19?,20-,21-/m1/s1. The summed E-state index contributed by atoms with van der Waals surface area (Å²) in [6.07, 6.45) is 3.31. The first-order valence-corrected chi connectivity index (χ1v) is 11.1. The summed E-state index contributed by atoms with van der Waals surface area (Å²) in [5.74, 6) is -0.227. The number of carbonyl (C=O) groups excluding carboxylic acids is 1. The van der Waals surface area contributed by atoms with Gasteiger partial charge in [-0.1, -0.05) is 6.92 Å². The second-order valence-corrected chi connectivity index (χ2v) is 10.3. The summed E-state index contributed by atoms with van der Waals surface area (Å²) < 4.78 is 18.5. The van der Waals surface area contributed by atoms with Gasteiger partial charge in [0.25, 0.3) is 0 Å². The number of aryl methyl sites for hydroxylation is 1. The van der Waals surface area contributed by atoms with Crippen LogP contribution in [-0.4, -0.2) is 35.9 Å². The van der Waals surface area contributed by atoms with Gasteiger partial charge in [0.05, 0.1) is 0 Å². The first-order chi connectivity index (χ1) is 13.3. The topological polar surface area (TPSA) is 63.2 Å². The van der Waals surface area contributed by atoms with Gasteiger partial charge in [-0.3, -0.25) is 0 Å². The molecule has 1 aromatic rings. The van der Waals surface area contributed by atoms with Crippen LogP contribution in [0, 0.1) is 24.7 Å². The lowest BCUT2D eigenvalue weighted by Crippen LogP contribution is -2.62. The predicted octanol–water partition coefficient (Wildman–Crippen LogP) is 4.22. The number of hydrogen-bond donors (Lipinski definition) is 0. The summed E-state index contributed by atoms with van der Waals surface area (Å²) in [6.45, 7) is 8.36. The Morgan fingerprint density at radius 3 is 2.82 bits per heavy atom. The van der Waals surface area contributed by atoms with E-state index in [0.29, 0.717) is 16.7 Å². The minimum absolute atomic E-state index is 0.0479. The highest BCUT2D eigenvalue weighted by atomic mass is 32.1. The van der Waals surface area contributed by atoms with Crippen LogP contribution in [0.15, 0.2) is 11.4 Å². The molecule has 7 heteroatoms. The zero-order valence-corrected chi connectivity index (χ0v) is 17.7. The van der Waals surface area contributed by atoms with E-state index in [4.69, 9.17) is 24.0 Å². The van der Waals surface area contributed by atoms with Crippen molar-refractivity contribution in [3.63, 3.8) is 0 Å². The largest absolute Gasteiger partial charge is 0.458 e. The normalized spacial score (nSPS) is 46.9. The van der Waals surface area contributed by atoms with E-state index < -0.39 is 23.3 Å². The van der Waals surface area contributed by atoms with Crippen molar-refractivity contribution < 1.29 is 28.8 Å². The predicted molar refractivity (Wildman–Crippen MR) is 102 cm³/mol. The van der Waals surface area contributed by atoms with Crippen LogP contribution in [0.3, 0.4) is 0 Å². The quantitative estimate of drug-likeness (QED) is 0.551. The Morgan fingerprint density at radius 1 is 1.25 bits per heavy atom. The van der Waals surface area contributed by atoms with Crippen molar-refractivity contribution in [3.8, 4) is 0 Å². The molecule has 1 saturated carbocycles. The van der Waals surface area contributed by atoms with Gasteiger partial charge in [-0.25, -0.2) is 14.6 Å². The Hall–Kier alpha value is -0.990. The van der Waals surface area contributed by atoms with Gasteiger partial charge in [-0.05, 0) is 68.9 Å². The van der Waals surface area contributed by atoms with Gasteiger partial charge in [0, 0.05) is 12.3 Å². The van der Waals surface area contributed by atoms with Crippen LogP contribution in [0.25, 0.3) is 0 Å². The fourth-order valence-electron chi connectivity index (χ4n) is 5.76. The van der Waals surface area contributed by atoms with E-state index in [1.54, 1.807) is 0 Å². The van der Waals surface area contributed by atoms with Crippen LogP contribution in [0.2, 0.25) is 0 Å². The number of rotatable bonds is 3. The van der Waals surface area contributed by atoms with Crippen molar-refractivity contribution in [3.05, 3.63) is 21.9 Å². The average Bonchev–Trinajstić information content (AvgIpc) is 3.09. The van der Waals surface area contributed by atoms with Gasteiger partial charge >= 0.3 is 5.97 Å². The molecule has 0 aromatic carbocycles. The molecule has 4 aliphatic heterocycles. The zero-order chi connectivity index (χ0) is 19.7. The summed E-state index contributed by atoms with van der Waals surface area (Å²) in [7, 11) is 0. The first kappa shape index (κ1) is 19.0. The van der Waals surface area contributed by atoms with Gasteiger partial charge in [-0.2, -0.15) is 0 Å². The van der Waals surface area contributed by atoms with Crippen molar-refractivity contribution in [2.75, 3.05) is 6.61 Å². The van der Waals surface area contributed by atoms with E-state index in [2.05, 4.69) is 6.92 Å². The third-order valence-electron chi connectivity index (χ3n) is 7.25. The van der Waals surface area contributed by atoms with Gasteiger partial charge in [0.1, 0.15) is 17.1 Å². The molecule has 1 unspecified atom stereocenters. The van der Waals surface area contributed by atoms with Crippen molar-refractivity contribution >= 4 is 17.3 Å². The summed E-state index contributed by atoms with van der Waals surface area (Å²) in [4.78, 5) is 25.0. The molecule has 2 bridgehead atoms. The van der Waals surface area contributed by atoms with Gasteiger partial charge in [-0.15, -0.1) is 11.3 Å². The second-order valence-electron chi connectivity index (χ2n) is 9.35. The van der Waals surface area contributed by atoms with E-state index in [9.17, 15) is 4.79 Å². The Balaban J connectivity index is 1.42. The van der Waals surface area contributed by atoms with Crippen LogP contribution < -0.4 is 0 Å². The molecule has 1 aromatic heterocycles. The van der Waals surface area contributed by atoms with Crippen molar-refractivity contribution in [1.82, 2.24) is 0 Å². The van der Waals surface area contributed by atoms with E-state index >= 15 is 0 Å². The van der Waals surface area contributed by atoms with Crippen LogP contribution >= 0.6 is 11.3 Å². The molecule has 5 heterocycles. The maximum absolute atomic E-state index is 12.5. The van der Waals surface area contributed by atoms with Crippen molar-refractivity contribution in [2.45, 2.75) is 76.7 Å². The molecule has 28 heavy (non-hydrogen) atoms. The minimum Gasteiger partial charge on any atom is -0.458 e. The van der Waals surface area contributed by atoms with Gasteiger partial charge < -0.3 is 14.2 Å². The number of fused-ring (bicyclic) bond motifs is 2. The number of thiophene rings is 1. The lowest BCUT2D eigenvalue weighted by atomic mass is 9.60. The Kier molecular flexibility index (Phi) is 4.24. The lowest BCUT2D eigenvalue weighted by Gasteiger charge is -2.50. The molecule has 0 amide bonds. The molecule has 5 fully saturated rings. The zero-order valence-electron chi connectivity index (χ0n) is 16.9. The van der Waals surface area contributed by atoms with E-state index in [-0.39, 0.29) is 18.5 Å². The number of hydrogen-bond acceptors (Lipinski definition) is 7. The van der Waals surface area contributed by atoms with E-state index in [0.717, 1.165) is 31.2 Å². The highest BCUT2D eigenvalue weighted by molar-refractivity contribution is 7.12. The average molecular weight is 409 g/mol. The van der Waals surface area contributed by atoms with E-state index in [1.807, 2.05) is 32.2 Å². The smallest absolute Gasteiger partial charge is 0.348 e. The third kappa shape index (κ3) is 2.63. The fourth-order valence-corrected chi connectivity index (χ4v) is 6.55. The molecular weight excluding hydrogens is 380 g/mol. The maximum Gasteiger partial charge on any atom is 0.348 e. The molecule has 5 aliphatic rings. The number of carbonyl (C=O) groups is 1. The van der Waals surface area contributed by atoms with Gasteiger partial charge in [0.15, 0.2) is 11.9 Å². The maximum atomic E-state index is 12.5. The molecule has 6 nitrogen and oxygen atoms in total. The van der Waals surface area contributed by atoms with Crippen molar-refractivity contribution in [1.29, 1.82) is 0 Å². The molecule has 0 radical (unpaired) electrons. The van der Waals surface area contributed by atoms with Crippen LogP contribution in [0.1, 0.15) is 61.7 Å². The van der Waals surface area contributed by atoms with E-state index in [1.165, 1.54) is 11.3 Å². The Bertz CT molecular complexity index is 794. The van der Waals surface area contributed by atoms with Gasteiger partial charge in [0.2, 0.25) is 5.79 Å². The monoisotopic (exact) mass is 408 g/mol. The highest BCUT2D eigenvalue weighted by Crippen LogP contribution is 2.63. The lowest BCUT2D eigenvalue weighted by molar-refractivity contribution is -0.541. The summed E-state index contributed by atoms with van der Waals surface area (Å²) in [6, 6.07) is 1.86. The Morgan fingerprint density at radius 2 is 2.07 bits per heavy atom. The summed E-state index contributed by atoms with van der Waals surface area (Å²) in [5, 5.41) is 1.95. The molecule has 1 aliphatic carbocycles. The number of esters is 1. The fraction of sp³-hybridized carbons (Fsp3) is 0.762. The number of ether oxygens (including phenoxy) is 3. The third-order valence-corrected chi connectivity index (χ3v) is 8.28. The van der Waals surface area contributed by atoms with Crippen LogP contribution in [0.4, 0.5) is 0 Å². The van der Waals surface area contributed by atoms with Crippen LogP contribution in [0.5, 0.6) is 0 Å². The first-order valence-electron chi connectivity index (χ1n) is 10.2. The molecule has 7 atom stereocenters.